The number of benzene rings is 4. The van der Waals surface area contributed by atoms with Crippen LogP contribution in [0.5, 0.6) is 11.5 Å². The van der Waals surface area contributed by atoms with Crippen LogP contribution in [0.25, 0.3) is 0 Å². The number of alkyl halides is 1. The third kappa shape index (κ3) is 20.8. The molecule has 2 fully saturated rings. The van der Waals surface area contributed by atoms with Crippen LogP contribution in [0.15, 0.2) is 72.8 Å². The van der Waals surface area contributed by atoms with Crippen molar-refractivity contribution in [2.75, 3.05) is 26.2 Å². The molecule has 12 nitrogen and oxygen atoms in total. The van der Waals surface area contributed by atoms with Gasteiger partial charge in [0.2, 0.25) is 6.10 Å². The van der Waals surface area contributed by atoms with Crippen molar-refractivity contribution >= 4 is 51.2 Å². The number of hydrogen-bond donors (Lipinski definition) is 1. The third-order valence-electron chi connectivity index (χ3n) is 14.4. The molecule has 0 spiro atoms. The van der Waals surface area contributed by atoms with Crippen molar-refractivity contribution < 1.29 is 48.1 Å². The number of rotatable bonds is 24. The lowest BCUT2D eigenvalue weighted by atomic mass is 9.95. The molecule has 1 N–H and O–H groups in total. The van der Waals surface area contributed by atoms with Crippen molar-refractivity contribution in [2.45, 2.75) is 223 Å². The van der Waals surface area contributed by atoms with E-state index in [-0.39, 0.29) is 38.2 Å². The number of Topliss-reactive ketones (excluding diaryl/α,β-unsaturated/α-hetero) is 2. The number of hydrogen-bond acceptors (Lipinski definition) is 10. The van der Waals surface area contributed by atoms with Gasteiger partial charge in [-0.05, 0) is 140 Å². The Morgan fingerprint density at radius 1 is 0.494 bits per heavy atom. The highest BCUT2D eigenvalue weighted by molar-refractivity contribution is 9.09. The molecule has 4 aromatic carbocycles. The van der Waals surface area contributed by atoms with Crippen LogP contribution in [0.2, 0.25) is 0 Å². The Kier molecular flexibility index (Phi) is 31.6. The molecule has 448 valence electrons. The quantitative estimate of drug-likeness (QED) is 0.0407. The van der Waals surface area contributed by atoms with Gasteiger partial charge in [-0.2, -0.15) is 0 Å². The van der Waals surface area contributed by atoms with E-state index in [0.717, 1.165) is 129 Å². The molecule has 2 amide bonds. The number of phenols is 1. The molecule has 0 saturated carbocycles. The van der Waals surface area contributed by atoms with Gasteiger partial charge in [0.15, 0.2) is 23.8 Å². The van der Waals surface area contributed by atoms with Gasteiger partial charge in [-0.3, -0.25) is 24.0 Å². The summed E-state index contributed by atoms with van der Waals surface area (Å²) in [6.45, 7) is 26.7. The number of ether oxygens (including phenoxy) is 3. The van der Waals surface area contributed by atoms with Crippen LogP contribution < -0.4 is 4.74 Å². The molecule has 4 aromatic rings. The maximum Gasteiger partial charge on any atom is 0.352 e. The zero-order valence-corrected chi connectivity index (χ0v) is 51.1. The average Bonchev–Trinajstić information content (AvgIpc) is 4.26. The molecule has 2 aliphatic heterocycles. The Labute approximate surface area is 495 Å². The Morgan fingerprint density at radius 3 is 1.16 bits per heavy atom. The number of halogens is 1. The summed E-state index contributed by atoms with van der Waals surface area (Å²) < 4.78 is 17.7. The van der Waals surface area contributed by atoms with Gasteiger partial charge < -0.3 is 29.1 Å². The number of ketones is 2. The van der Waals surface area contributed by atoms with Gasteiger partial charge in [-0.1, -0.05) is 174 Å². The zero-order valence-electron chi connectivity index (χ0n) is 49.5. The van der Waals surface area contributed by atoms with E-state index in [1.807, 2.05) is 86.6 Å². The van der Waals surface area contributed by atoms with Gasteiger partial charge in [0, 0.05) is 55.7 Å². The first kappa shape index (κ1) is 71.3. The zero-order chi connectivity index (χ0) is 58.3. The largest absolute Gasteiger partial charge is 0.507 e. The fourth-order valence-corrected chi connectivity index (χ4v) is 10.2. The standard InChI is InChI=1S/C33H45NO5.C18H24BrNO3.C15H22O2.2CH4/c1-7-12-26-20-28(29(35)9-3)21-27(13-8-2)30(26)39-31(25-16-14-24(15-17-25)22(4)5)33(37)38-23(6)32(36)34-18-10-11-19-34;1-12(2)14-6-8-15(9-7-14)16(19)18(22)23-13(3)17(21)20-10-4-5-11-20;1-4-7-11-9-13(14(16)6-3)10-12(8-5-2)15(11)17;;/h14-17,20-23,31H,7-13,18-19H2,1-6H3;6-9,12-13,16H,4-5,10-11H2,1-3H3;9-10,17H,4-8H2,1-3H3;2*1H4/t23-,31?;13-,16?;;;/m11.../s1. The van der Waals surface area contributed by atoms with Gasteiger partial charge in [-0.15, -0.1) is 0 Å². The normalized spacial score (nSPS) is 14.2. The highest BCUT2D eigenvalue weighted by Gasteiger charge is 2.33. The Hall–Kier alpha value is -5.82. The third-order valence-corrected chi connectivity index (χ3v) is 15.4. The fourth-order valence-electron chi connectivity index (χ4n) is 9.80. The lowest BCUT2D eigenvalue weighted by Crippen LogP contribution is -2.39. The number of likely N-dealkylation sites (tertiary alicyclic amines) is 2. The highest BCUT2D eigenvalue weighted by atomic mass is 79.9. The summed E-state index contributed by atoms with van der Waals surface area (Å²) in [5.41, 5.74) is 8.97. The monoisotopic (exact) mass is 1180 g/mol. The van der Waals surface area contributed by atoms with Crippen LogP contribution >= 0.6 is 15.9 Å². The van der Waals surface area contributed by atoms with Crippen LogP contribution in [-0.2, 0) is 54.3 Å². The van der Waals surface area contributed by atoms with E-state index in [9.17, 15) is 33.9 Å². The number of amides is 2. The van der Waals surface area contributed by atoms with Crippen molar-refractivity contribution in [3.05, 3.63) is 128 Å². The topological polar surface area (TPSA) is 157 Å². The molecular formula is C68H99BrN2O10. The number of carbonyl (C=O) groups is 6. The van der Waals surface area contributed by atoms with Crippen molar-refractivity contribution in [3.63, 3.8) is 0 Å². The Balaban J connectivity index is 0.000000453. The summed E-state index contributed by atoms with van der Waals surface area (Å²) in [4.78, 5) is 78.4. The molecule has 0 aromatic heterocycles. The summed E-state index contributed by atoms with van der Waals surface area (Å²) in [5.74, 6) is 0.767. The first-order valence-corrected chi connectivity index (χ1v) is 30.2. The number of nitrogens with zero attached hydrogens (tertiary/aromatic N) is 2. The molecule has 2 unspecified atom stereocenters. The van der Waals surface area contributed by atoms with E-state index in [1.54, 1.807) is 23.6 Å². The number of aromatic hydroxyl groups is 1. The van der Waals surface area contributed by atoms with Crippen LogP contribution in [0.1, 0.15) is 250 Å². The highest BCUT2D eigenvalue weighted by Crippen LogP contribution is 2.35. The lowest BCUT2D eigenvalue weighted by Gasteiger charge is -2.26. The molecule has 13 heteroatoms. The Bertz CT molecular complexity index is 2560. The van der Waals surface area contributed by atoms with Gasteiger partial charge >= 0.3 is 11.9 Å². The SMILES string of the molecule is C.C.CC(C)c1ccc(C(Br)C(=O)O[C@H](C)C(=O)N2CCCC2)cc1.CCCc1cc(C(=O)CC)cc(CCC)c1O.CCCc1cc(C(=O)CC)cc(CCC)c1OC(C(=O)O[C@H](C)C(=O)N1CCCC1)c1ccc(C(C)C)cc1. The molecule has 0 aliphatic carbocycles. The minimum Gasteiger partial charge on any atom is -0.507 e. The molecule has 0 bridgehead atoms. The van der Waals surface area contributed by atoms with Crippen molar-refractivity contribution in [1.82, 2.24) is 9.80 Å². The summed E-state index contributed by atoms with van der Waals surface area (Å²) in [6, 6.07) is 23.2. The van der Waals surface area contributed by atoms with Crippen LogP contribution in [0, 0.1) is 0 Å². The first-order valence-electron chi connectivity index (χ1n) is 29.3. The summed E-state index contributed by atoms with van der Waals surface area (Å²) in [6.07, 6.45) is 9.02. The van der Waals surface area contributed by atoms with Crippen molar-refractivity contribution in [3.8, 4) is 11.5 Å². The van der Waals surface area contributed by atoms with Gasteiger partial charge in [0.1, 0.15) is 16.3 Å². The number of esters is 2. The molecule has 81 heavy (non-hydrogen) atoms. The minimum absolute atomic E-state index is 0. The molecule has 6 rings (SSSR count). The van der Waals surface area contributed by atoms with Crippen molar-refractivity contribution in [2.24, 2.45) is 0 Å². The maximum absolute atomic E-state index is 13.7. The summed E-state index contributed by atoms with van der Waals surface area (Å²) in [5, 5.41) is 10.1. The van der Waals surface area contributed by atoms with Crippen LogP contribution in [-0.4, -0.2) is 88.6 Å². The van der Waals surface area contributed by atoms with E-state index in [1.165, 1.54) is 5.56 Å². The van der Waals surface area contributed by atoms with E-state index in [4.69, 9.17) is 14.2 Å². The van der Waals surface area contributed by atoms with E-state index < -0.39 is 35.1 Å². The van der Waals surface area contributed by atoms with Gasteiger partial charge in [0.25, 0.3) is 11.8 Å². The maximum atomic E-state index is 13.7. The lowest BCUT2D eigenvalue weighted by molar-refractivity contribution is -0.164. The molecule has 2 aliphatic rings. The van der Waals surface area contributed by atoms with Crippen molar-refractivity contribution in [1.29, 1.82) is 0 Å². The first-order chi connectivity index (χ1) is 37.7. The number of aryl methyl sites for hydroxylation is 4. The predicted octanol–water partition coefficient (Wildman–Crippen LogP) is 15.9. The second-order valence-corrected chi connectivity index (χ2v) is 22.5. The predicted molar refractivity (Wildman–Crippen MR) is 332 cm³/mol. The second kappa shape index (κ2) is 35.9. The molecule has 2 saturated heterocycles. The molecular weight excluding hydrogens is 1080 g/mol. The smallest absolute Gasteiger partial charge is 0.352 e. The van der Waals surface area contributed by atoms with Gasteiger partial charge in [-0.25, -0.2) is 4.79 Å². The second-order valence-electron chi connectivity index (χ2n) is 21.5. The average molecular weight is 1180 g/mol. The van der Waals surface area contributed by atoms with Crippen LogP contribution in [0.4, 0.5) is 0 Å². The molecule has 4 atom stereocenters. The van der Waals surface area contributed by atoms with Gasteiger partial charge in [0.05, 0.1) is 0 Å². The summed E-state index contributed by atoms with van der Waals surface area (Å²) in [7, 11) is 0. The van der Waals surface area contributed by atoms with E-state index in [0.29, 0.717) is 60.4 Å². The Morgan fingerprint density at radius 2 is 0.815 bits per heavy atom. The van der Waals surface area contributed by atoms with E-state index in [2.05, 4.69) is 71.3 Å². The molecule has 2 heterocycles. The fraction of sp³-hybridized carbons (Fsp3) is 0.559. The minimum atomic E-state index is -1.04. The number of carbonyl (C=O) groups excluding carboxylic acids is 6. The summed E-state index contributed by atoms with van der Waals surface area (Å²) >= 11 is 3.37. The van der Waals surface area contributed by atoms with E-state index >= 15 is 0 Å². The number of phenolic OH excluding ortho intramolecular Hbond substituents is 1. The van der Waals surface area contributed by atoms with Crippen LogP contribution in [0.3, 0.4) is 0 Å². The molecule has 0 radical (unpaired) electrons.